The average molecular weight is 437 g/mol. The highest BCUT2D eigenvalue weighted by Crippen LogP contribution is 2.42. The molecule has 1 aromatic carbocycles. The molecular weight excluding hydrogens is 395 g/mol. The third kappa shape index (κ3) is 7.69. The predicted octanol–water partition coefficient (Wildman–Crippen LogP) is 8.83. The van der Waals surface area contributed by atoms with Crippen LogP contribution in [0, 0.1) is 23.6 Å². The summed E-state index contributed by atoms with van der Waals surface area (Å²) in [5.41, 5.74) is 1.09. The summed E-state index contributed by atoms with van der Waals surface area (Å²) < 4.78 is 13.5. The smallest absolute Gasteiger partial charge is 0.142 e. The largest absolute Gasteiger partial charge is 0.205 e. The van der Waals surface area contributed by atoms with Crippen LogP contribution in [0.15, 0.2) is 18.2 Å². The fourth-order valence-corrected chi connectivity index (χ4v) is 9.69. The Hall–Kier alpha value is -0.343. The van der Waals surface area contributed by atoms with Gasteiger partial charge in [-0.2, -0.15) is 0 Å². The first-order valence-corrected chi connectivity index (χ1v) is 15.4. The predicted molar refractivity (Wildman–Crippen MR) is 128 cm³/mol. The van der Waals surface area contributed by atoms with E-state index in [1.807, 2.05) is 6.07 Å². The van der Waals surface area contributed by atoms with Crippen molar-refractivity contribution in [2.24, 2.45) is 17.8 Å². The minimum absolute atomic E-state index is 0.234. The number of hydrogen-bond acceptors (Lipinski definition) is 0. The Labute approximate surface area is 185 Å². The molecule has 2 aliphatic rings. The van der Waals surface area contributed by atoms with Crippen molar-refractivity contribution in [1.29, 1.82) is 0 Å². The minimum atomic E-state index is -0.345. The first kappa shape index (κ1) is 23.3. The number of hydrogen-bond donors (Lipinski definition) is 0. The Morgan fingerprint density at radius 1 is 0.931 bits per heavy atom. The number of unbranched alkanes of at least 4 members (excludes halogenated alkanes) is 3. The molecule has 1 heterocycles. The van der Waals surface area contributed by atoms with Crippen LogP contribution in [-0.4, -0.2) is 8.80 Å². The van der Waals surface area contributed by atoms with E-state index in [0.717, 1.165) is 29.7 Å². The van der Waals surface area contributed by atoms with Crippen LogP contribution in [0.5, 0.6) is 0 Å². The number of halogens is 2. The van der Waals surface area contributed by atoms with Crippen molar-refractivity contribution in [3.05, 3.63) is 34.6 Å². The van der Waals surface area contributed by atoms with Gasteiger partial charge in [-0.3, -0.25) is 0 Å². The molecule has 0 amide bonds. The van der Waals surface area contributed by atoms with Crippen LogP contribution in [0.1, 0.15) is 89.5 Å². The van der Waals surface area contributed by atoms with Crippen LogP contribution in [-0.2, 0) is 6.42 Å². The molecule has 1 saturated heterocycles. The molecule has 29 heavy (non-hydrogen) atoms. The van der Waals surface area contributed by atoms with Gasteiger partial charge in [0.1, 0.15) is 5.82 Å². The lowest BCUT2D eigenvalue weighted by molar-refractivity contribution is 0.184. The van der Waals surface area contributed by atoms with Gasteiger partial charge in [-0.1, -0.05) is 101 Å². The topological polar surface area (TPSA) is 0 Å². The van der Waals surface area contributed by atoms with Crippen LogP contribution in [0.4, 0.5) is 4.39 Å². The molecule has 0 radical (unpaired) electrons. The summed E-state index contributed by atoms with van der Waals surface area (Å²) >= 11 is 5.77. The van der Waals surface area contributed by atoms with E-state index in [9.17, 15) is 4.39 Å². The van der Waals surface area contributed by atoms with Crippen molar-refractivity contribution in [3.63, 3.8) is 0 Å². The van der Waals surface area contributed by atoms with E-state index in [2.05, 4.69) is 6.92 Å². The molecule has 1 aromatic rings. The maximum Gasteiger partial charge on any atom is 0.142 e. The molecule has 3 heteroatoms. The van der Waals surface area contributed by atoms with E-state index in [0.29, 0.717) is 0 Å². The molecule has 0 N–H and O–H groups in total. The molecule has 0 spiro atoms. The SMILES string of the molecule is CCCCC[Si@H]1CC[C@H]([C@H]2CC[C@H](CCCCc3ccc(Cl)c(F)c3)CC2)CC1. The van der Waals surface area contributed by atoms with Crippen molar-refractivity contribution in [2.75, 3.05) is 0 Å². The second-order valence-corrected chi connectivity index (χ2v) is 13.9. The van der Waals surface area contributed by atoms with Crippen molar-refractivity contribution >= 4 is 20.4 Å². The van der Waals surface area contributed by atoms with Gasteiger partial charge in [0.15, 0.2) is 0 Å². The number of benzene rings is 1. The van der Waals surface area contributed by atoms with Gasteiger partial charge in [0.25, 0.3) is 0 Å². The summed E-state index contributed by atoms with van der Waals surface area (Å²) in [7, 11) is -0.345. The Kier molecular flexibility index (Phi) is 10.1. The lowest BCUT2D eigenvalue weighted by atomic mass is 9.73. The summed E-state index contributed by atoms with van der Waals surface area (Å²) in [5, 5.41) is 0.234. The fraction of sp³-hybridized carbons (Fsp3) is 0.769. The molecule has 3 rings (SSSR count). The summed E-state index contributed by atoms with van der Waals surface area (Å²) in [4.78, 5) is 0. The van der Waals surface area contributed by atoms with Crippen molar-refractivity contribution in [3.8, 4) is 0 Å². The van der Waals surface area contributed by atoms with Gasteiger partial charge < -0.3 is 0 Å². The standard InChI is InChI=1S/C26H42ClFSi/c1-2-3-6-17-29-18-15-24(16-19-29)23-12-9-21(10-13-23)7-4-5-8-22-11-14-25(27)26(28)20-22/h11,14,20-21,23-24,29H,2-10,12-13,15-19H2,1H3/t21-,23-,24-,29-. The Morgan fingerprint density at radius 3 is 2.34 bits per heavy atom. The molecule has 164 valence electrons. The molecule has 0 nitrogen and oxygen atoms in total. The highest BCUT2D eigenvalue weighted by Gasteiger charge is 2.30. The highest BCUT2D eigenvalue weighted by molar-refractivity contribution is 6.58. The lowest BCUT2D eigenvalue weighted by Crippen LogP contribution is -2.28. The van der Waals surface area contributed by atoms with Crippen molar-refractivity contribution in [1.82, 2.24) is 0 Å². The zero-order valence-electron chi connectivity index (χ0n) is 18.6. The van der Waals surface area contributed by atoms with Crippen LogP contribution in [0.2, 0.25) is 23.2 Å². The summed E-state index contributed by atoms with van der Waals surface area (Å²) in [6, 6.07) is 10.2. The quantitative estimate of drug-likeness (QED) is 0.253. The molecular formula is C26H42ClFSi. The third-order valence-corrected chi connectivity index (χ3v) is 11.8. The second kappa shape index (κ2) is 12.5. The number of aryl methyl sites for hydroxylation is 1. The monoisotopic (exact) mass is 436 g/mol. The molecule has 1 aliphatic heterocycles. The normalized spacial score (nSPS) is 27.8. The van der Waals surface area contributed by atoms with E-state index >= 15 is 0 Å². The van der Waals surface area contributed by atoms with E-state index in [1.165, 1.54) is 64.2 Å². The lowest BCUT2D eigenvalue weighted by Gasteiger charge is -2.37. The molecule has 0 unspecified atom stereocenters. The minimum Gasteiger partial charge on any atom is -0.205 e. The van der Waals surface area contributed by atoms with Crippen LogP contribution in [0.25, 0.3) is 0 Å². The Morgan fingerprint density at radius 2 is 1.66 bits per heavy atom. The van der Waals surface area contributed by atoms with E-state index in [4.69, 9.17) is 11.6 Å². The Balaban J connectivity index is 1.26. The maximum absolute atomic E-state index is 13.5. The van der Waals surface area contributed by atoms with Crippen molar-refractivity contribution < 1.29 is 4.39 Å². The number of rotatable bonds is 10. The first-order chi connectivity index (χ1) is 14.2. The van der Waals surface area contributed by atoms with Gasteiger partial charge >= 0.3 is 0 Å². The van der Waals surface area contributed by atoms with Crippen LogP contribution < -0.4 is 0 Å². The van der Waals surface area contributed by atoms with E-state index in [-0.39, 0.29) is 19.6 Å². The van der Waals surface area contributed by atoms with E-state index in [1.54, 1.807) is 43.1 Å². The summed E-state index contributed by atoms with van der Waals surface area (Å²) in [5.74, 6) is 2.80. The molecule has 0 aromatic heterocycles. The summed E-state index contributed by atoms with van der Waals surface area (Å²) in [6.07, 6.45) is 18.3. The van der Waals surface area contributed by atoms with Gasteiger partial charge in [-0.25, -0.2) is 4.39 Å². The zero-order chi connectivity index (χ0) is 20.5. The van der Waals surface area contributed by atoms with Gasteiger partial charge in [-0.05, 0) is 61.1 Å². The fourth-order valence-electron chi connectivity index (χ4n) is 6.04. The maximum atomic E-state index is 13.5. The van der Waals surface area contributed by atoms with Crippen molar-refractivity contribution in [2.45, 2.75) is 109 Å². The molecule has 0 atom stereocenters. The average Bonchev–Trinajstić information content (AvgIpc) is 2.75. The molecule has 2 fully saturated rings. The van der Waals surface area contributed by atoms with E-state index < -0.39 is 0 Å². The second-order valence-electron chi connectivity index (χ2n) is 10.1. The summed E-state index contributed by atoms with van der Waals surface area (Å²) in [6.45, 7) is 2.33. The first-order valence-electron chi connectivity index (χ1n) is 12.6. The van der Waals surface area contributed by atoms with Gasteiger partial charge in [0.05, 0.1) is 5.02 Å². The van der Waals surface area contributed by atoms with Gasteiger partial charge in [0, 0.05) is 8.80 Å². The third-order valence-electron chi connectivity index (χ3n) is 7.98. The molecule has 0 bridgehead atoms. The van der Waals surface area contributed by atoms with Gasteiger partial charge in [-0.15, -0.1) is 0 Å². The highest BCUT2D eigenvalue weighted by atomic mass is 35.5. The van der Waals surface area contributed by atoms with Gasteiger partial charge in [0.2, 0.25) is 0 Å². The van der Waals surface area contributed by atoms with Crippen LogP contribution in [0.3, 0.4) is 0 Å². The molecule has 1 aliphatic carbocycles. The zero-order valence-corrected chi connectivity index (χ0v) is 20.5. The molecule has 1 saturated carbocycles. The van der Waals surface area contributed by atoms with Crippen LogP contribution >= 0.6 is 11.6 Å². The Bertz CT molecular complexity index is 588.